The molecule has 1 saturated heterocycles. The molecule has 0 unspecified atom stereocenters. The number of aromatic nitrogens is 3. The van der Waals surface area contributed by atoms with Crippen molar-refractivity contribution in [3.05, 3.63) is 65.6 Å². The quantitative estimate of drug-likeness (QED) is 0.398. The smallest absolute Gasteiger partial charge is 0.285 e. The van der Waals surface area contributed by atoms with Crippen molar-refractivity contribution in [3.63, 3.8) is 0 Å². The Bertz CT molecular complexity index is 1700. The molecule has 2 aromatic heterocycles. The molecule has 3 heterocycles. The lowest BCUT2D eigenvalue weighted by Crippen LogP contribution is -2.51. The van der Waals surface area contributed by atoms with Crippen LogP contribution in [0.5, 0.6) is 5.75 Å². The van der Waals surface area contributed by atoms with Crippen LogP contribution in [0.25, 0.3) is 11.1 Å². The molecule has 2 N–H and O–H groups in total. The maximum Gasteiger partial charge on any atom is 0.285 e. The number of aryl methyl sites for hydroxylation is 1. The molecule has 4 aliphatic carbocycles. The highest BCUT2D eigenvalue weighted by Gasteiger charge is 2.52. The number of nitrogens with one attached hydrogen (secondary N) is 1. The Hall–Kier alpha value is -4.06. The summed E-state index contributed by atoms with van der Waals surface area (Å²) in [6, 6.07) is 10.3. The van der Waals surface area contributed by atoms with Crippen LogP contribution in [0.15, 0.2) is 48.8 Å². The largest absolute Gasteiger partial charge is 0.506 e. The highest BCUT2D eigenvalue weighted by atomic mass is 32.2. The summed E-state index contributed by atoms with van der Waals surface area (Å²) < 4.78 is 28.4. The zero-order valence-electron chi connectivity index (χ0n) is 25.4. The summed E-state index contributed by atoms with van der Waals surface area (Å²) in [4.78, 5) is 34.0. The third kappa shape index (κ3) is 6.12. The van der Waals surface area contributed by atoms with Gasteiger partial charge in [0.05, 0.1) is 11.9 Å². The molecule has 3 aromatic rings. The predicted molar refractivity (Wildman–Crippen MR) is 168 cm³/mol. The van der Waals surface area contributed by atoms with Crippen LogP contribution in [-0.4, -0.2) is 77.4 Å². The molecule has 0 spiro atoms. The summed E-state index contributed by atoms with van der Waals surface area (Å²) in [6.07, 6.45) is 9.59. The van der Waals surface area contributed by atoms with Crippen molar-refractivity contribution in [1.82, 2.24) is 24.8 Å². The van der Waals surface area contributed by atoms with Gasteiger partial charge in [0.2, 0.25) is 10.0 Å². The molecule has 11 nitrogen and oxygen atoms in total. The van der Waals surface area contributed by atoms with Crippen molar-refractivity contribution in [1.29, 1.82) is 0 Å². The molecular weight excluding hydrogens is 592 g/mol. The van der Waals surface area contributed by atoms with Crippen molar-refractivity contribution in [2.24, 2.45) is 23.2 Å². The fourth-order valence-electron chi connectivity index (χ4n) is 8.73. The Labute approximate surface area is 263 Å². The first-order chi connectivity index (χ1) is 21.5. The van der Waals surface area contributed by atoms with Gasteiger partial charge in [-0.2, -0.15) is 0 Å². The van der Waals surface area contributed by atoms with Crippen molar-refractivity contribution >= 4 is 27.7 Å². The van der Waals surface area contributed by atoms with Crippen molar-refractivity contribution in [3.8, 4) is 16.9 Å². The van der Waals surface area contributed by atoms with Crippen LogP contribution < -0.4 is 9.62 Å². The van der Waals surface area contributed by atoms with Crippen molar-refractivity contribution < 1.29 is 23.1 Å². The van der Waals surface area contributed by atoms with E-state index in [2.05, 4.69) is 19.9 Å². The lowest BCUT2D eigenvalue weighted by Gasteiger charge is -2.56. The molecule has 1 aliphatic heterocycles. The summed E-state index contributed by atoms with van der Waals surface area (Å²) in [5.41, 5.74) is 2.94. The third-order valence-electron chi connectivity index (χ3n) is 10.2. The lowest BCUT2D eigenvalue weighted by molar-refractivity contribution is -0.0391. The minimum absolute atomic E-state index is 0.00250. The number of aromatic hydroxyl groups is 1. The van der Waals surface area contributed by atoms with E-state index in [9.17, 15) is 23.1 Å². The average molecular weight is 631 g/mol. The summed E-state index contributed by atoms with van der Waals surface area (Å²) >= 11 is 0. The molecule has 5 aliphatic rings. The lowest BCUT2D eigenvalue weighted by atomic mass is 9.50. The first-order valence-corrected chi connectivity index (χ1v) is 17.4. The minimum Gasteiger partial charge on any atom is -0.506 e. The molecule has 5 fully saturated rings. The summed E-state index contributed by atoms with van der Waals surface area (Å²) in [6.45, 7) is 3.98. The number of pyridine rings is 1. The monoisotopic (exact) mass is 630 g/mol. The summed E-state index contributed by atoms with van der Waals surface area (Å²) in [7, 11) is -3.81. The Morgan fingerprint density at radius 1 is 0.933 bits per heavy atom. The van der Waals surface area contributed by atoms with E-state index >= 15 is 0 Å². The standard InChI is InChI=1S/C33H38N6O5S/c1-21-10-25(2-3-28(21)26-14-27(40)19-34-18-26)32(42)39-8-6-38(7-9-39)30-5-4-29(35-36-30)31(41)37-45(43,44)20-33-15-22-11-23(16-33)13-24(12-22)17-33/h2-5,10,14,18-19,22-24,40H,6-9,11-13,15-17,20H2,1H3,(H,37,41). The van der Waals surface area contributed by atoms with Crippen LogP contribution >= 0.6 is 0 Å². The molecule has 0 radical (unpaired) electrons. The summed E-state index contributed by atoms with van der Waals surface area (Å²) in [5.74, 6) is 1.73. The van der Waals surface area contributed by atoms with E-state index in [1.54, 1.807) is 29.3 Å². The number of carbonyl (C=O) groups is 2. The number of anilines is 1. The number of piperazine rings is 1. The first-order valence-electron chi connectivity index (χ1n) is 15.7. The number of rotatable bonds is 7. The van der Waals surface area contributed by atoms with Gasteiger partial charge in [0.15, 0.2) is 11.5 Å². The van der Waals surface area contributed by atoms with Crippen LogP contribution in [0.2, 0.25) is 0 Å². The molecule has 0 atom stereocenters. The topological polar surface area (TPSA) is 146 Å². The van der Waals surface area contributed by atoms with Gasteiger partial charge in [-0.25, -0.2) is 13.1 Å². The number of hydrogen-bond donors (Lipinski definition) is 2. The van der Waals surface area contributed by atoms with E-state index in [1.807, 2.05) is 24.0 Å². The number of carbonyl (C=O) groups excluding carboxylic acids is 2. The SMILES string of the molecule is Cc1cc(C(=O)N2CCN(c3ccc(C(=O)NS(=O)(=O)CC45CC6CC(CC(C6)C4)C5)nn3)CC2)ccc1-c1cncc(O)c1. The molecule has 236 valence electrons. The van der Waals surface area contributed by atoms with Gasteiger partial charge in [-0.05, 0) is 110 Å². The van der Waals surface area contributed by atoms with Crippen molar-refractivity contribution in [2.45, 2.75) is 45.4 Å². The normalized spacial score (nSPS) is 25.8. The van der Waals surface area contributed by atoms with Gasteiger partial charge in [-0.15, -0.1) is 10.2 Å². The van der Waals surface area contributed by atoms with Gasteiger partial charge in [-0.1, -0.05) is 6.07 Å². The van der Waals surface area contributed by atoms with Gasteiger partial charge in [0.1, 0.15) is 5.75 Å². The Morgan fingerprint density at radius 3 is 2.22 bits per heavy atom. The van der Waals surface area contributed by atoms with Crippen LogP contribution in [0.4, 0.5) is 5.82 Å². The molecular formula is C33H38N6O5S. The molecule has 8 rings (SSSR count). The van der Waals surface area contributed by atoms with Crippen LogP contribution in [0.3, 0.4) is 0 Å². The van der Waals surface area contributed by atoms with E-state index in [-0.39, 0.29) is 28.5 Å². The molecule has 4 saturated carbocycles. The number of hydrogen-bond acceptors (Lipinski definition) is 9. The van der Waals surface area contributed by atoms with E-state index < -0.39 is 15.9 Å². The zero-order chi connectivity index (χ0) is 31.3. The Kier molecular flexibility index (Phi) is 7.50. The van der Waals surface area contributed by atoms with Crippen LogP contribution in [0, 0.1) is 30.1 Å². The highest BCUT2D eigenvalue weighted by Crippen LogP contribution is 2.60. The molecule has 45 heavy (non-hydrogen) atoms. The third-order valence-corrected chi connectivity index (χ3v) is 11.7. The van der Waals surface area contributed by atoms with E-state index in [4.69, 9.17) is 0 Å². The second-order valence-electron chi connectivity index (χ2n) is 13.6. The fourth-order valence-corrected chi connectivity index (χ4v) is 10.4. The predicted octanol–water partition coefficient (Wildman–Crippen LogP) is 3.79. The Balaban J connectivity index is 0.934. The zero-order valence-corrected chi connectivity index (χ0v) is 26.2. The first kappa shape index (κ1) is 29.6. The second-order valence-corrected chi connectivity index (χ2v) is 15.3. The summed E-state index contributed by atoms with van der Waals surface area (Å²) in [5, 5.41) is 18.0. The van der Waals surface area contributed by atoms with Gasteiger partial charge < -0.3 is 14.9 Å². The van der Waals surface area contributed by atoms with E-state index in [0.29, 0.717) is 55.3 Å². The number of sulfonamides is 1. The maximum absolute atomic E-state index is 13.3. The Morgan fingerprint density at radius 2 is 1.62 bits per heavy atom. The average Bonchev–Trinajstić information content (AvgIpc) is 2.99. The second kappa shape index (κ2) is 11.4. The number of benzene rings is 1. The van der Waals surface area contributed by atoms with Gasteiger partial charge in [-0.3, -0.25) is 14.6 Å². The van der Waals surface area contributed by atoms with E-state index in [0.717, 1.165) is 36.0 Å². The van der Waals surface area contributed by atoms with Crippen LogP contribution in [0.1, 0.15) is 64.9 Å². The van der Waals surface area contributed by atoms with Crippen molar-refractivity contribution in [2.75, 3.05) is 36.8 Å². The van der Waals surface area contributed by atoms with Gasteiger partial charge in [0, 0.05) is 43.5 Å². The van der Waals surface area contributed by atoms with Gasteiger partial charge >= 0.3 is 0 Å². The molecule has 12 heteroatoms. The van der Waals surface area contributed by atoms with Crippen LogP contribution in [-0.2, 0) is 10.0 Å². The van der Waals surface area contributed by atoms with Gasteiger partial charge in [0.25, 0.3) is 11.8 Å². The molecule has 2 amide bonds. The maximum atomic E-state index is 13.3. The fraction of sp³-hybridized carbons (Fsp3) is 0.485. The minimum atomic E-state index is -3.81. The van der Waals surface area contributed by atoms with E-state index in [1.165, 1.54) is 31.5 Å². The molecule has 1 aromatic carbocycles. The number of amides is 2. The highest BCUT2D eigenvalue weighted by molar-refractivity contribution is 7.90. The molecule has 4 bridgehead atoms. The number of nitrogens with zero attached hydrogens (tertiary/aromatic N) is 5.